The summed E-state index contributed by atoms with van der Waals surface area (Å²) in [5, 5.41) is 5.73. The average molecular weight is 297 g/mol. The Morgan fingerprint density at radius 1 is 1.48 bits per heavy atom. The molecule has 0 aromatic heterocycles. The summed E-state index contributed by atoms with van der Waals surface area (Å²) in [6.45, 7) is 8.63. The summed E-state index contributed by atoms with van der Waals surface area (Å²) in [5.41, 5.74) is 0.0322. The quantitative estimate of drug-likeness (QED) is 0.794. The number of carbonyl (C=O) groups is 2. The maximum absolute atomic E-state index is 12.8. The van der Waals surface area contributed by atoms with Crippen LogP contribution in [0.2, 0.25) is 0 Å². The molecule has 0 bridgehead atoms. The van der Waals surface area contributed by atoms with Crippen LogP contribution in [0, 0.1) is 5.41 Å². The lowest BCUT2D eigenvalue weighted by Gasteiger charge is -2.32. The van der Waals surface area contributed by atoms with E-state index in [-0.39, 0.29) is 35.5 Å². The van der Waals surface area contributed by atoms with Crippen LogP contribution >= 0.6 is 0 Å². The smallest absolute Gasteiger partial charge is 0.247 e. The third-order valence-corrected chi connectivity index (χ3v) is 4.97. The summed E-state index contributed by atoms with van der Waals surface area (Å²) >= 11 is 0. The van der Waals surface area contributed by atoms with Gasteiger partial charge in [-0.05, 0) is 32.7 Å². The van der Waals surface area contributed by atoms with Crippen LogP contribution in [0.1, 0.15) is 40.5 Å². The summed E-state index contributed by atoms with van der Waals surface area (Å²) < 4.78 is 5.84. The van der Waals surface area contributed by atoms with Gasteiger partial charge in [0.05, 0.1) is 12.6 Å². The van der Waals surface area contributed by atoms with Gasteiger partial charge in [-0.2, -0.15) is 0 Å². The Hall–Kier alpha value is -1.14. The van der Waals surface area contributed by atoms with Gasteiger partial charge in [0.1, 0.15) is 12.3 Å². The molecule has 0 aromatic rings. The number of carbonyl (C=O) groups excluding carboxylic acids is 2. The summed E-state index contributed by atoms with van der Waals surface area (Å²) in [4.78, 5) is 26.6. The minimum atomic E-state index is -0.491. The fourth-order valence-corrected chi connectivity index (χ4v) is 3.00. The van der Waals surface area contributed by atoms with E-state index in [0.29, 0.717) is 13.0 Å². The maximum atomic E-state index is 12.8. The van der Waals surface area contributed by atoms with Crippen LogP contribution in [0.25, 0.3) is 0 Å². The minimum Gasteiger partial charge on any atom is -0.358 e. The van der Waals surface area contributed by atoms with Gasteiger partial charge in [0.2, 0.25) is 11.8 Å². The Balaban J connectivity index is 2.12. The lowest BCUT2D eigenvalue weighted by atomic mass is 9.85. The van der Waals surface area contributed by atoms with E-state index in [1.54, 1.807) is 14.0 Å². The predicted octanol–water partition coefficient (Wildman–Crippen LogP) is 0.473. The van der Waals surface area contributed by atoms with Gasteiger partial charge in [-0.1, -0.05) is 13.8 Å². The van der Waals surface area contributed by atoms with E-state index in [0.717, 1.165) is 6.42 Å². The third kappa shape index (κ3) is 3.06. The van der Waals surface area contributed by atoms with Crippen molar-refractivity contribution in [3.8, 4) is 0 Å². The average Bonchev–Trinajstić information content (AvgIpc) is 2.55. The number of nitrogens with one attached hydrogen (secondary N) is 2. The first kappa shape index (κ1) is 16.2. The van der Waals surface area contributed by atoms with E-state index in [1.807, 2.05) is 4.90 Å². The first-order chi connectivity index (χ1) is 9.77. The molecule has 2 amide bonds. The number of amides is 2. The first-order valence-corrected chi connectivity index (χ1v) is 7.69. The highest BCUT2D eigenvalue weighted by atomic mass is 16.5. The molecule has 4 atom stereocenters. The van der Waals surface area contributed by atoms with Gasteiger partial charge < -0.3 is 20.3 Å². The number of nitrogens with zero attached hydrogens (tertiary/aromatic N) is 1. The number of rotatable bonds is 3. The molecule has 120 valence electrons. The fourth-order valence-electron chi connectivity index (χ4n) is 3.00. The van der Waals surface area contributed by atoms with Crippen LogP contribution in [-0.2, 0) is 14.3 Å². The largest absolute Gasteiger partial charge is 0.358 e. The molecule has 2 saturated heterocycles. The number of hydrogen-bond acceptors (Lipinski definition) is 4. The van der Waals surface area contributed by atoms with Crippen LogP contribution < -0.4 is 10.6 Å². The van der Waals surface area contributed by atoms with E-state index in [1.165, 1.54) is 0 Å². The molecule has 6 nitrogen and oxygen atoms in total. The lowest BCUT2D eigenvalue weighted by Crippen LogP contribution is -2.54. The van der Waals surface area contributed by atoms with E-state index in [4.69, 9.17) is 4.74 Å². The molecule has 0 aromatic carbocycles. The molecule has 2 rings (SSSR count). The van der Waals surface area contributed by atoms with Gasteiger partial charge in [0.15, 0.2) is 0 Å². The SMILES string of the molecule is CN[C@@H](C)C(=O)N[C@H]1CCO[C@H]2CC(C)(C)C(C)N2C1=O. The Morgan fingerprint density at radius 3 is 2.76 bits per heavy atom. The Kier molecular flexibility index (Phi) is 4.58. The van der Waals surface area contributed by atoms with Gasteiger partial charge in [0.25, 0.3) is 0 Å². The highest BCUT2D eigenvalue weighted by Crippen LogP contribution is 2.41. The molecule has 0 radical (unpaired) electrons. The van der Waals surface area contributed by atoms with Crippen LogP contribution in [0.5, 0.6) is 0 Å². The fraction of sp³-hybridized carbons (Fsp3) is 0.867. The summed E-state index contributed by atoms with van der Waals surface area (Å²) in [6, 6.07) is -0.700. The van der Waals surface area contributed by atoms with Crippen molar-refractivity contribution in [2.75, 3.05) is 13.7 Å². The lowest BCUT2D eigenvalue weighted by molar-refractivity contribution is -0.144. The second-order valence-electron chi connectivity index (χ2n) is 6.80. The Labute approximate surface area is 126 Å². The molecule has 2 N–H and O–H groups in total. The molecule has 2 aliphatic rings. The van der Waals surface area contributed by atoms with Crippen molar-refractivity contribution < 1.29 is 14.3 Å². The molecular formula is C15H27N3O3. The number of likely N-dealkylation sites (N-methyl/N-ethyl adjacent to an activating group) is 1. The molecule has 1 unspecified atom stereocenters. The summed E-state index contributed by atoms with van der Waals surface area (Å²) in [7, 11) is 1.73. The number of fused-ring (bicyclic) bond motifs is 1. The van der Waals surface area contributed by atoms with Gasteiger partial charge >= 0.3 is 0 Å². The molecule has 21 heavy (non-hydrogen) atoms. The standard InChI is InChI=1S/C15H27N3O3/c1-9(16-5)13(19)17-11-6-7-21-12-8-15(3,4)10(2)18(12)14(11)20/h9-12,16H,6-8H2,1-5H3,(H,17,19)/t9-,10?,11-,12-/m0/s1. The van der Waals surface area contributed by atoms with Crippen molar-refractivity contribution in [1.82, 2.24) is 15.5 Å². The second-order valence-corrected chi connectivity index (χ2v) is 6.80. The minimum absolute atomic E-state index is 0.0211. The predicted molar refractivity (Wildman–Crippen MR) is 79.5 cm³/mol. The van der Waals surface area contributed by atoms with E-state index in [9.17, 15) is 9.59 Å². The number of hydrogen-bond donors (Lipinski definition) is 2. The van der Waals surface area contributed by atoms with Gasteiger partial charge in [-0.3, -0.25) is 9.59 Å². The molecular weight excluding hydrogens is 270 g/mol. The molecule has 2 fully saturated rings. The molecule has 0 aliphatic carbocycles. The van der Waals surface area contributed by atoms with E-state index >= 15 is 0 Å². The van der Waals surface area contributed by atoms with Gasteiger partial charge in [0, 0.05) is 12.5 Å². The van der Waals surface area contributed by atoms with Gasteiger partial charge in [-0.15, -0.1) is 0 Å². The van der Waals surface area contributed by atoms with Crippen LogP contribution in [0.3, 0.4) is 0 Å². The van der Waals surface area contributed by atoms with Crippen LogP contribution in [0.4, 0.5) is 0 Å². The number of ether oxygens (including phenoxy) is 1. The molecule has 6 heteroatoms. The zero-order valence-electron chi connectivity index (χ0n) is 13.6. The van der Waals surface area contributed by atoms with Crippen LogP contribution in [0.15, 0.2) is 0 Å². The van der Waals surface area contributed by atoms with Gasteiger partial charge in [-0.25, -0.2) is 0 Å². The monoisotopic (exact) mass is 297 g/mol. The molecule has 2 aliphatic heterocycles. The van der Waals surface area contributed by atoms with E-state index in [2.05, 4.69) is 31.4 Å². The Morgan fingerprint density at radius 2 is 2.14 bits per heavy atom. The van der Waals surface area contributed by atoms with Crippen molar-refractivity contribution in [2.24, 2.45) is 5.41 Å². The van der Waals surface area contributed by atoms with Crippen molar-refractivity contribution in [3.05, 3.63) is 0 Å². The topological polar surface area (TPSA) is 70.7 Å². The zero-order valence-corrected chi connectivity index (χ0v) is 13.6. The molecule has 0 spiro atoms. The van der Waals surface area contributed by atoms with Crippen molar-refractivity contribution in [2.45, 2.75) is 64.9 Å². The molecule has 2 heterocycles. The zero-order chi connectivity index (χ0) is 15.8. The van der Waals surface area contributed by atoms with Crippen molar-refractivity contribution in [3.63, 3.8) is 0 Å². The van der Waals surface area contributed by atoms with E-state index < -0.39 is 6.04 Å². The maximum Gasteiger partial charge on any atom is 0.247 e. The third-order valence-electron chi connectivity index (χ3n) is 4.97. The molecule has 0 saturated carbocycles. The normalized spacial score (nSPS) is 33.3. The van der Waals surface area contributed by atoms with Crippen molar-refractivity contribution in [1.29, 1.82) is 0 Å². The van der Waals surface area contributed by atoms with Crippen LogP contribution in [-0.4, -0.2) is 54.7 Å². The first-order valence-electron chi connectivity index (χ1n) is 7.69. The summed E-state index contributed by atoms with van der Waals surface area (Å²) in [6.07, 6.45) is 1.21. The van der Waals surface area contributed by atoms with Crippen molar-refractivity contribution >= 4 is 11.8 Å². The highest BCUT2D eigenvalue weighted by Gasteiger charge is 2.49. The Bertz CT molecular complexity index is 424. The second kappa shape index (κ2) is 5.93. The summed E-state index contributed by atoms with van der Waals surface area (Å²) in [5.74, 6) is -0.173. The highest BCUT2D eigenvalue weighted by molar-refractivity contribution is 5.90.